The molecule has 1 unspecified atom stereocenters. The van der Waals surface area contributed by atoms with Crippen LogP contribution in [0.15, 0.2) is 35.5 Å². The Morgan fingerprint density at radius 2 is 1.78 bits per heavy atom. The molecule has 2 fully saturated rings. The minimum absolute atomic E-state index is 0.0803. The Morgan fingerprint density at radius 3 is 2.47 bits per heavy atom. The fourth-order valence-corrected chi connectivity index (χ4v) is 5.02. The number of aromatic nitrogens is 2. The van der Waals surface area contributed by atoms with Crippen LogP contribution in [0.5, 0.6) is 0 Å². The van der Waals surface area contributed by atoms with Gasteiger partial charge in [0, 0.05) is 62.5 Å². The minimum atomic E-state index is -0.253. The van der Waals surface area contributed by atoms with E-state index in [1.165, 1.54) is 12.8 Å². The van der Waals surface area contributed by atoms with Gasteiger partial charge in [-0.25, -0.2) is 15.0 Å². The number of fused-ring (bicyclic) bond motifs is 1. The summed E-state index contributed by atoms with van der Waals surface area (Å²) in [5.74, 6) is 0.625. The zero-order chi connectivity index (χ0) is 22.1. The fraction of sp³-hybridized carbons (Fsp3) is 0.458. The average molecular weight is 433 g/mol. The number of nitrogens with zero attached hydrogens (tertiary/aromatic N) is 5. The van der Waals surface area contributed by atoms with Crippen molar-refractivity contribution in [3.05, 3.63) is 41.7 Å². The summed E-state index contributed by atoms with van der Waals surface area (Å²) >= 11 is 0. The second kappa shape index (κ2) is 8.68. The van der Waals surface area contributed by atoms with E-state index in [-0.39, 0.29) is 17.7 Å². The molecule has 0 radical (unpaired) electrons. The van der Waals surface area contributed by atoms with Crippen molar-refractivity contribution in [2.45, 2.75) is 38.5 Å². The Hall–Kier alpha value is -3.29. The van der Waals surface area contributed by atoms with Gasteiger partial charge in [-0.1, -0.05) is 12.8 Å². The molecule has 5 rings (SSSR count). The molecule has 1 atom stereocenters. The van der Waals surface area contributed by atoms with Gasteiger partial charge in [-0.15, -0.1) is 0 Å². The van der Waals surface area contributed by atoms with Crippen LogP contribution in [0.25, 0.3) is 0 Å². The van der Waals surface area contributed by atoms with E-state index in [2.05, 4.69) is 32.3 Å². The van der Waals surface area contributed by atoms with E-state index in [9.17, 15) is 9.59 Å². The van der Waals surface area contributed by atoms with Crippen molar-refractivity contribution >= 4 is 35.4 Å². The van der Waals surface area contributed by atoms with Gasteiger partial charge in [-0.05, 0) is 43.0 Å². The largest absolute Gasteiger partial charge is 0.368 e. The molecule has 0 spiro atoms. The number of rotatable bonds is 4. The summed E-state index contributed by atoms with van der Waals surface area (Å²) in [6.45, 7) is 4.79. The van der Waals surface area contributed by atoms with E-state index in [1.807, 2.05) is 17.0 Å². The number of carbonyl (C=O) groups excluding carboxylic acids is 2. The van der Waals surface area contributed by atoms with Crippen molar-refractivity contribution in [3.8, 4) is 0 Å². The molecule has 32 heavy (non-hydrogen) atoms. The molecule has 166 valence electrons. The van der Waals surface area contributed by atoms with Crippen LogP contribution in [0.1, 0.15) is 49.8 Å². The van der Waals surface area contributed by atoms with Crippen LogP contribution >= 0.6 is 0 Å². The molecule has 0 bridgehead atoms. The number of nitrogens with one attached hydrogen (secondary N) is 1. The molecule has 1 N–H and O–H groups in total. The lowest BCUT2D eigenvalue weighted by Crippen LogP contribution is -2.48. The van der Waals surface area contributed by atoms with Crippen LogP contribution < -0.4 is 10.2 Å². The highest BCUT2D eigenvalue weighted by Crippen LogP contribution is 2.40. The van der Waals surface area contributed by atoms with Crippen molar-refractivity contribution in [1.82, 2.24) is 14.9 Å². The summed E-state index contributed by atoms with van der Waals surface area (Å²) < 4.78 is 0. The van der Waals surface area contributed by atoms with Crippen molar-refractivity contribution < 1.29 is 9.59 Å². The van der Waals surface area contributed by atoms with Crippen LogP contribution in [0.4, 0.5) is 17.3 Å². The molecule has 1 aliphatic carbocycles. The summed E-state index contributed by atoms with van der Waals surface area (Å²) in [7, 11) is 0. The molecule has 1 saturated carbocycles. The van der Waals surface area contributed by atoms with Crippen molar-refractivity contribution in [1.29, 1.82) is 0 Å². The molecule has 8 nitrogen and oxygen atoms in total. The highest BCUT2D eigenvalue weighted by Gasteiger charge is 2.36. The summed E-state index contributed by atoms with van der Waals surface area (Å²) in [6, 6.07) is 8.16. The predicted molar refractivity (Wildman–Crippen MR) is 124 cm³/mol. The Morgan fingerprint density at radius 1 is 1.06 bits per heavy atom. The number of hydrogen-bond donors (Lipinski definition) is 1. The van der Waals surface area contributed by atoms with Gasteiger partial charge in [-0.3, -0.25) is 9.59 Å². The second-order valence-electron chi connectivity index (χ2n) is 8.82. The molecular formula is C24H28N6O2. The summed E-state index contributed by atoms with van der Waals surface area (Å²) in [5.41, 5.74) is 3.67. The van der Waals surface area contributed by atoms with Crippen LogP contribution in [0.3, 0.4) is 0 Å². The number of carbonyl (C=O) groups is 2. The van der Waals surface area contributed by atoms with Crippen LogP contribution in [0.2, 0.25) is 0 Å². The van der Waals surface area contributed by atoms with Gasteiger partial charge in [0.05, 0.1) is 11.6 Å². The van der Waals surface area contributed by atoms with Gasteiger partial charge in [-0.2, -0.15) is 0 Å². The number of anilines is 3. The number of aliphatic imine (C=N–C) groups is 1. The first kappa shape index (κ1) is 20.6. The van der Waals surface area contributed by atoms with Crippen molar-refractivity contribution in [2.24, 2.45) is 10.9 Å². The van der Waals surface area contributed by atoms with E-state index in [4.69, 9.17) is 4.98 Å². The quantitative estimate of drug-likeness (QED) is 0.798. The molecule has 1 saturated heterocycles. The summed E-state index contributed by atoms with van der Waals surface area (Å²) in [4.78, 5) is 41.5. The van der Waals surface area contributed by atoms with Gasteiger partial charge in [0.15, 0.2) is 0 Å². The second-order valence-corrected chi connectivity index (χ2v) is 8.82. The van der Waals surface area contributed by atoms with E-state index in [1.54, 1.807) is 19.3 Å². The number of hydrogen-bond acceptors (Lipinski definition) is 6. The number of amides is 2. The van der Waals surface area contributed by atoms with Gasteiger partial charge < -0.3 is 15.1 Å². The lowest BCUT2D eigenvalue weighted by Gasteiger charge is -2.35. The zero-order valence-corrected chi connectivity index (χ0v) is 18.3. The summed E-state index contributed by atoms with van der Waals surface area (Å²) in [6.07, 6.45) is 7.79. The average Bonchev–Trinajstić information content (AvgIpc) is 3.34. The maximum Gasteiger partial charge on any atom is 0.255 e. The molecule has 3 heterocycles. The fourth-order valence-electron chi connectivity index (χ4n) is 5.02. The smallest absolute Gasteiger partial charge is 0.255 e. The van der Waals surface area contributed by atoms with Crippen molar-refractivity contribution in [2.75, 3.05) is 36.4 Å². The third-order valence-electron chi connectivity index (χ3n) is 6.82. The molecule has 2 aromatic rings. The van der Waals surface area contributed by atoms with Gasteiger partial charge >= 0.3 is 0 Å². The van der Waals surface area contributed by atoms with Gasteiger partial charge in [0.25, 0.3) is 5.91 Å². The van der Waals surface area contributed by atoms with Crippen LogP contribution in [0, 0.1) is 5.92 Å². The Labute approximate surface area is 187 Å². The molecule has 1 aromatic heterocycles. The molecular weight excluding hydrogens is 404 g/mol. The number of piperazine rings is 1. The van der Waals surface area contributed by atoms with E-state index in [0.717, 1.165) is 61.7 Å². The lowest BCUT2D eigenvalue weighted by atomic mass is 9.84. The highest BCUT2D eigenvalue weighted by molar-refractivity contribution is 6.00. The van der Waals surface area contributed by atoms with E-state index < -0.39 is 0 Å². The third kappa shape index (κ3) is 4.09. The maximum atomic E-state index is 12.6. The third-order valence-corrected chi connectivity index (χ3v) is 6.82. The normalized spacial score (nSPS) is 21.0. The van der Waals surface area contributed by atoms with Crippen LogP contribution in [-0.4, -0.2) is 59.1 Å². The molecule has 2 amide bonds. The first-order chi connectivity index (χ1) is 15.6. The lowest BCUT2D eigenvalue weighted by molar-refractivity contribution is -0.129. The van der Waals surface area contributed by atoms with Gasteiger partial charge in [0.1, 0.15) is 0 Å². The minimum Gasteiger partial charge on any atom is -0.368 e. The predicted octanol–water partition coefficient (Wildman–Crippen LogP) is 3.12. The van der Waals surface area contributed by atoms with Crippen LogP contribution in [-0.2, 0) is 9.59 Å². The maximum absolute atomic E-state index is 12.6. The van der Waals surface area contributed by atoms with Gasteiger partial charge in [0.2, 0.25) is 11.9 Å². The first-order valence-electron chi connectivity index (χ1n) is 11.4. The molecule has 3 aliphatic rings. The summed E-state index contributed by atoms with van der Waals surface area (Å²) in [5, 5.41) is 3.28. The monoisotopic (exact) mass is 432 g/mol. The highest BCUT2D eigenvalue weighted by atomic mass is 16.2. The Bertz CT molecular complexity index is 1040. The number of benzene rings is 1. The van der Waals surface area contributed by atoms with E-state index >= 15 is 0 Å². The molecule has 2 aliphatic heterocycles. The molecule has 8 heteroatoms. The van der Waals surface area contributed by atoms with Crippen molar-refractivity contribution in [3.63, 3.8) is 0 Å². The first-order valence-corrected chi connectivity index (χ1v) is 11.4. The zero-order valence-electron chi connectivity index (χ0n) is 18.3. The SMILES string of the molecule is CC(=O)N1CCN(c2ccc(Nc3ncc4c(n3)C(C3CCCC3)C(=O)N=C4)cc2)CC1. The molecule has 1 aromatic carbocycles. The van der Waals surface area contributed by atoms with E-state index in [0.29, 0.717) is 11.9 Å². The Balaban J connectivity index is 1.29. The topological polar surface area (TPSA) is 90.8 Å². The Kier molecular flexibility index (Phi) is 5.59. The standard InChI is InChI=1S/C24H28N6O2/c1-16(31)29-10-12-30(13-11-29)20-8-6-19(7-9-20)27-24-26-15-18-14-25-23(32)21(22(18)28-24)17-4-2-3-5-17/h6-9,14-15,17,21H,2-5,10-13H2,1H3,(H,26,27,28).